The second-order valence-electron chi connectivity index (χ2n) is 6.67. The van der Waals surface area contributed by atoms with E-state index in [-0.39, 0.29) is 23.0 Å². The number of primary amides is 1. The summed E-state index contributed by atoms with van der Waals surface area (Å²) in [6.45, 7) is 3.43. The molecule has 0 aliphatic carbocycles. The topological polar surface area (TPSA) is 119 Å². The van der Waals surface area contributed by atoms with Crippen LogP contribution < -0.4 is 20.7 Å². The van der Waals surface area contributed by atoms with E-state index >= 15 is 0 Å². The van der Waals surface area contributed by atoms with Gasteiger partial charge in [-0.2, -0.15) is 0 Å². The zero-order chi connectivity index (χ0) is 22.0. The number of amides is 5. The molecule has 0 radical (unpaired) electrons. The Hall–Kier alpha value is -3.65. The summed E-state index contributed by atoms with van der Waals surface area (Å²) < 4.78 is 5.17. The minimum Gasteiger partial charge on any atom is -0.482 e. The molecule has 0 saturated carbocycles. The van der Waals surface area contributed by atoms with Crippen LogP contribution in [0.4, 0.5) is 10.5 Å². The van der Waals surface area contributed by atoms with Gasteiger partial charge in [0.25, 0.3) is 17.7 Å². The smallest absolute Gasteiger partial charge is 0.335 e. The molecule has 8 nitrogen and oxygen atoms in total. The third kappa shape index (κ3) is 4.33. The number of hydrogen-bond acceptors (Lipinski definition) is 5. The van der Waals surface area contributed by atoms with Crippen LogP contribution in [0.1, 0.15) is 16.7 Å². The summed E-state index contributed by atoms with van der Waals surface area (Å²) in [5.41, 5.74) is 7.49. The molecule has 1 heterocycles. The van der Waals surface area contributed by atoms with Gasteiger partial charge >= 0.3 is 6.03 Å². The zero-order valence-electron chi connectivity index (χ0n) is 16.2. The molecule has 0 spiro atoms. The number of aryl methyl sites for hydroxylation is 2. The maximum absolute atomic E-state index is 12.9. The highest BCUT2D eigenvalue weighted by molar-refractivity contribution is 6.39. The number of nitrogens with two attached hydrogens (primary N) is 1. The van der Waals surface area contributed by atoms with Gasteiger partial charge in [0.1, 0.15) is 11.3 Å². The SMILES string of the molecule is Cc1ccc(N2C(=O)NC(=O)/C(=C\c3ccc(OCC(N)=O)c(Cl)c3)C2=O)cc1C. The Balaban J connectivity index is 1.93. The van der Waals surface area contributed by atoms with Crippen LogP contribution in [0.25, 0.3) is 6.08 Å². The maximum Gasteiger partial charge on any atom is 0.335 e. The number of nitrogens with zero attached hydrogens (tertiary/aromatic N) is 1. The fourth-order valence-electron chi connectivity index (χ4n) is 2.80. The summed E-state index contributed by atoms with van der Waals surface area (Å²) in [6.07, 6.45) is 1.32. The van der Waals surface area contributed by atoms with Crippen molar-refractivity contribution in [2.45, 2.75) is 13.8 Å². The molecular weight excluding hydrogens is 410 g/mol. The number of barbiturate groups is 1. The highest BCUT2D eigenvalue weighted by Crippen LogP contribution is 2.28. The number of rotatable bonds is 5. The Morgan fingerprint density at radius 2 is 1.87 bits per heavy atom. The lowest BCUT2D eigenvalue weighted by atomic mass is 10.0. The summed E-state index contributed by atoms with van der Waals surface area (Å²) in [4.78, 5) is 49.3. The molecule has 2 aromatic rings. The molecule has 0 atom stereocenters. The zero-order valence-corrected chi connectivity index (χ0v) is 16.9. The average Bonchev–Trinajstić information content (AvgIpc) is 2.67. The summed E-state index contributed by atoms with van der Waals surface area (Å²) in [5, 5.41) is 2.33. The largest absolute Gasteiger partial charge is 0.482 e. The van der Waals surface area contributed by atoms with Crippen LogP contribution in [0.15, 0.2) is 42.0 Å². The van der Waals surface area contributed by atoms with Crippen LogP contribution in [0, 0.1) is 13.8 Å². The number of carbonyl (C=O) groups excluding carboxylic acids is 4. The lowest BCUT2D eigenvalue weighted by molar-refractivity contribution is -0.123. The molecular formula is C21H18ClN3O5. The normalized spacial score (nSPS) is 15.4. The predicted octanol–water partition coefficient (Wildman–Crippen LogP) is 2.49. The monoisotopic (exact) mass is 427 g/mol. The van der Waals surface area contributed by atoms with E-state index in [1.807, 2.05) is 13.8 Å². The van der Waals surface area contributed by atoms with E-state index in [0.29, 0.717) is 11.3 Å². The van der Waals surface area contributed by atoms with Crippen molar-refractivity contribution < 1.29 is 23.9 Å². The fourth-order valence-corrected chi connectivity index (χ4v) is 3.04. The Morgan fingerprint density at radius 3 is 2.50 bits per heavy atom. The third-order valence-electron chi connectivity index (χ3n) is 4.49. The van der Waals surface area contributed by atoms with E-state index in [4.69, 9.17) is 22.1 Å². The molecule has 9 heteroatoms. The van der Waals surface area contributed by atoms with E-state index in [9.17, 15) is 19.2 Å². The van der Waals surface area contributed by atoms with E-state index in [1.54, 1.807) is 24.3 Å². The Kier molecular flexibility index (Phi) is 5.89. The van der Waals surface area contributed by atoms with E-state index in [1.165, 1.54) is 18.2 Å². The van der Waals surface area contributed by atoms with Crippen LogP contribution in [0.5, 0.6) is 5.75 Å². The van der Waals surface area contributed by atoms with Gasteiger partial charge in [-0.05, 0) is 60.9 Å². The number of hydrogen-bond donors (Lipinski definition) is 2. The minimum atomic E-state index is -0.821. The van der Waals surface area contributed by atoms with Gasteiger partial charge in [0, 0.05) is 0 Å². The predicted molar refractivity (Wildman–Crippen MR) is 111 cm³/mol. The molecule has 0 unspecified atom stereocenters. The molecule has 5 amide bonds. The lowest BCUT2D eigenvalue weighted by Crippen LogP contribution is -2.54. The van der Waals surface area contributed by atoms with Gasteiger partial charge in [-0.15, -0.1) is 0 Å². The van der Waals surface area contributed by atoms with Crippen molar-refractivity contribution in [3.05, 3.63) is 63.7 Å². The van der Waals surface area contributed by atoms with Gasteiger partial charge in [-0.1, -0.05) is 23.7 Å². The van der Waals surface area contributed by atoms with Crippen LogP contribution in [-0.2, 0) is 14.4 Å². The van der Waals surface area contributed by atoms with Crippen molar-refractivity contribution in [1.29, 1.82) is 0 Å². The van der Waals surface area contributed by atoms with E-state index < -0.39 is 23.8 Å². The Labute approximate surface area is 177 Å². The summed E-state index contributed by atoms with van der Waals surface area (Å²) >= 11 is 6.13. The summed E-state index contributed by atoms with van der Waals surface area (Å²) in [5.74, 6) is -1.99. The molecule has 0 aromatic heterocycles. The molecule has 1 fully saturated rings. The maximum atomic E-state index is 12.9. The molecule has 2 aromatic carbocycles. The lowest BCUT2D eigenvalue weighted by Gasteiger charge is -2.26. The minimum absolute atomic E-state index is 0.163. The molecule has 154 valence electrons. The second-order valence-corrected chi connectivity index (χ2v) is 7.08. The first-order valence-electron chi connectivity index (χ1n) is 8.86. The van der Waals surface area contributed by atoms with Crippen molar-refractivity contribution in [2.24, 2.45) is 5.73 Å². The molecule has 0 bridgehead atoms. The molecule has 1 aliphatic rings. The quantitative estimate of drug-likeness (QED) is 0.561. The fraction of sp³-hybridized carbons (Fsp3) is 0.143. The van der Waals surface area contributed by atoms with Gasteiger partial charge in [0.05, 0.1) is 10.7 Å². The summed E-state index contributed by atoms with van der Waals surface area (Å²) in [6, 6.07) is 8.79. The highest BCUT2D eigenvalue weighted by atomic mass is 35.5. The van der Waals surface area contributed by atoms with Crippen molar-refractivity contribution in [3.63, 3.8) is 0 Å². The van der Waals surface area contributed by atoms with E-state index in [2.05, 4.69) is 5.32 Å². The third-order valence-corrected chi connectivity index (χ3v) is 4.78. The Morgan fingerprint density at radius 1 is 1.13 bits per heavy atom. The van der Waals surface area contributed by atoms with E-state index in [0.717, 1.165) is 16.0 Å². The molecule has 3 N–H and O–H groups in total. The average molecular weight is 428 g/mol. The van der Waals surface area contributed by atoms with Crippen LogP contribution >= 0.6 is 11.6 Å². The van der Waals surface area contributed by atoms with Crippen molar-refractivity contribution in [2.75, 3.05) is 11.5 Å². The van der Waals surface area contributed by atoms with Crippen molar-refractivity contribution >= 4 is 47.1 Å². The molecule has 1 saturated heterocycles. The van der Waals surface area contributed by atoms with Crippen LogP contribution in [0.3, 0.4) is 0 Å². The van der Waals surface area contributed by atoms with Gasteiger partial charge in [0.15, 0.2) is 6.61 Å². The number of anilines is 1. The van der Waals surface area contributed by atoms with Gasteiger partial charge in [0.2, 0.25) is 0 Å². The Bertz CT molecular complexity index is 1110. The van der Waals surface area contributed by atoms with Crippen LogP contribution in [0.2, 0.25) is 5.02 Å². The van der Waals surface area contributed by atoms with Crippen molar-refractivity contribution in [1.82, 2.24) is 5.32 Å². The van der Waals surface area contributed by atoms with Gasteiger partial charge in [-0.3, -0.25) is 19.7 Å². The first-order valence-corrected chi connectivity index (χ1v) is 9.24. The van der Waals surface area contributed by atoms with Gasteiger partial charge < -0.3 is 10.5 Å². The molecule has 3 rings (SSSR count). The number of urea groups is 1. The summed E-state index contributed by atoms with van der Waals surface area (Å²) in [7, 11) is 0. The number of halogens is 1. The number of imide groups is 2. The number of ether oxygens (including phenoxy) is 1. The number of benzene rings is 2. The standard InChI is InChI=1S/C21H18ClN3O5/c1-11-3-5-14(7-12(11)2)25-20(28)15(19(27)24-21(25)29)8-13-4-6-17(16(22)9-13)30-10-18(23)26/h3-9H,10H2,1-2H3,(H2,23,26)(H,24,27,29)/b15-8+. The molecule has 1 aliphatic heterocycles. The first kappa shape index (κ1) is 21.1. The number of nitrogens with one attached hydrogen (secondary N) is 1. The first-order chi connectivity index (χ1) is 14.2. The van der Waals surface area contributed by atoms with Gasteiger partial charge in [-0.25, -0.2) is 9.69 Å². The van der Waals surface area contributed by atoms with Crippen LogP contribution in [-0.4, -0.2) is 30.4 Å². The second kappa shape index (κ2) is 8.38. The number of carbonyl (C=O) groups is 4. The van der Waals surface area contributed by atoms with Crippen molar-refractivity contribution in [3.8, 4) is 5.75 Å². The molecule has 30 heavy (non-hydrogen) atoms. The highest BCUT2D eigenvalue weighted by Gasteiger charge is 2.36.